The fraction of sp³-hybridized carbons (Fsp3) is 0.0588. The van der Waals surface area contributed by atoms with Crippen molar-refractivity contribution < 1.29 is 14.3 Å². The first-order chi connectivity index (χ1) is 9.60. The van der Waals surface area contributed by atoms with E-state index in [4.69, 9.17) is 4.74 Å². The molecule has 0 aliphatic heterocycles. The van der Waals surface area contributed by atoms with Gasteiger partial charge in [0.15, 0.2) is 5.78 Å². The van der Waals surface area contributed by atoms with Crippen molar-refractivity contribution in [2.24, 2.45) is 0 Å². The molecule has 0 aromatic heterocycles. The van der Waals surface area contributed by atoms with Crippen LogP contribution in [0.25, 0.3) is 6.08 Å². The molecular weight excluding hydrogens is 252 g/mol. The Morgan fingerprint density at radius 1 is 0.950 bits per heavy atom. The number of rotatable bonds is 4. The molecule has 0 saturated heterocycles. The number of benzene rings is 2. The van der Waals surface area contributed by atoms with Crippen molar-refractivity contribution >= 4 is 17.8 Å². The topological polar surface area (TPSA) is 43.4 Å². The molecule has 0 unspecified atom stereocenters. The molecule has 0 aliphatic carbocycles. The first-order valence-electron chi connectivity index (χ1n) is 6.16. The fourth-order valence-electron chi connectivity index (χ4n) is 1.78. The zero-order chi connectivity index (χ0) is 14.5. The van der Waals surface area contributed by atoms with Crippen LogP contribution in [0.15, 0.2) is 55.1 Å². The van der Waals surface area contributed by atoms with E-state index in [-0.39, 0.29) is 11.8 Å². The van der Waals surface area contributed by atoms with Crippen molar-refractivity contribution in [1.82, 2.24) is 0 Å². The van der Waals surface area contributed by atoms with E-state index in [0.29, 0.717) is 16.9 Å². The monoisotopic (exact) mass is 266 g/mol. The Morgan fingerprint density at radius 2 is 1.45 bits per heavy atom. The van der Waals surface area contributed by atoms with Gasteiger partial charge in [-0.05, 0) is 29.8 Å². The third-order valence-corrected chi connectivity index (χ3v) is 2.79. The second kappa shape index (κ2) is 5.97. The number of carbonyl (C=O) groups excluding carboxylic acids is 2. The summed E-state index contributed by atoms with van der Waals surface area (Å²) in [6, 6.07) is 13.7. The van der Waals surface area contributed by atoms with Crippen molar-refractivity contribution in [3.63, 3.8) is 0 Å². The third kappa shape index (κ3) is 3.20. The Bertz CT molecular complexity index is 637. The van der Waals surface area contributed by atoms with Crippen LogP contribution < -0.4 is 4.74 Å². The molecule has 0 saturated carbocycles. The standard InChI is InChI=1S/C17H14O3/c1-3-13-4-6-14(7-5-13)17(19)15-8-10-16(11-9-15)20-12(2)18/h3-11H,1H2,2H3. The molecule has 100 valence electrons. The lowest BCUT2D eigenvalue weighted by molar-refractivity contribution is -0.131. The SMILES string of the molecule is C=Cc1ccc(C(=O)c2ccc(OC(C)=O)cc2)cc1. The van der Waals surface area contributed by atoms with E-state index >= 15 is 0 Å². The minimum atomic E-state index is -0.385. The zero-order valence-corrected chi connectivity index (χ0v) is 11.1. The summed E-state index contributed by atoms with van der Waals surface area (Å²) in [5.74, 6) is -0.0323. The summed E-state index contributed by atoms with van der Waals surface area (Å²) in [5, 5.41) is 0. The first-order valence-corrected chi connectivity index (χ1v) is 6.16. The van der Waals surface area contributed by atoms with Gasteiger partial charge in [0.2, 0.25) is 0 Å². The van der Waals surface area contributed by atoms with E-state index < -0.39 is 0 Å². The molecule has 0 atom stereocenters. The first kappa shape index (κ1) is 13.7. The van der Waals surface area contributed by atoms with Gasteiger partial charge in [-0.25, -0.2) is 0 Å². The predicted molar refractivity (Wildman–Crippen MR) is 77.7 cm³/mol. The molecule has 3 nitrogen and oxygen atoms in total. The Morgan fingerprint density at radius 3 is 1.90 bits per heavy atom. The van der Waals surface area contributed by atoms with Crippen LogP contribution in [0, 0.1) is 0 Å². The average Bonchev–Trinajstić information content (AvgIpc) is 2.47. The van der Waals surface area contributed by atoms with E-state index in [0.717, 1.165) is 5.56 Å². The van der Waals surface area contributed by atoms with Crippen LogP contribution in [0.3, 0.4) is 0 Å². The van der Waals surface area contributed by atoms with Crippen LogP contribution in [-0.2, 0) is 4.79 Å². The Hall–Kier alpha value is -2.68. The van der Waals surface area contributed by atoms with E-state index in [1.54, 1.807) is 42.5 Å². The van der Waals surface area contributed by atoms with Crippen LogP contribution in [0.5, 0.6) is 5.75 Å². The minimum absolute atomic E-state index is 0.0741. The van der Waals surface area contributed by atoms with E-state index in [1.165, 1.54) is 6.92 Å². The fourth-order valence-corrected chi connectivity index (χ4v) is 1.78. The van der Waals surface area contributed by atoms with Gasteiger partial charge in [0.25, 0.3) is 0 Å². The lowest BCUT2D eigenvalue weighted by Gasteiger charge is -2.04. The molecule has 0 heterocycles. The maximum atomic E-state index is 12.2. The molecule has 3 heteroatoms. The van der Waals surface area contributed by atoms with Crippen molar-refractivity contribution in [1.29, 1.82) is 0 Å². The molecule has 20 heavy (non-hydrogen) atoms. The molecule has 2 rings (SSSR count). The largest absolute Gasteiger partial charge is 0.427 e. The van der Waals surface area contributed by atoms with Crippen LogP contribution >= 0.6 is 0 Å². The second-order valence-electron chi connectivity index (χ2n) is 4.27. The minimum Gasteiger partial charge on any atom is -0.427 e. The molecule has 2 aromatic carbocycles. The summed E-state index contributed by atoms with van der Waals surface area (Å²) in [6.07, 6.45) is 1.72. The molecule has 0 bridgehead atoms. The predicted octanol–water partition coefficient (Wildman–Crippen LogP) is 3.49. The molecule has 0 spiro atoms. The summed E-state index contributed by atoms with van der Waals surface area (Å²) in [4.78, 5) is 23.1. The zero-order valence-electron chi connectivity index (χ0n) is 11.1. The lowest BCUT2D eigenvalue weighted by Crippen LogP contribution is -2.03. The van der Waals surface area contributed by atoms with Gasteiger partial charge in [-0.2, -0.15) is 0 Å². The van der Waals surface area contributed by atoms with Gasteiger partial charge in [0, 0.05) is 18.1 Å². The molecule has 0 N–H and O–H groups in total. The quantitative estimate of drug-likeness (QED) is 0.483. The third-order valence-electron chi connectivity index (χ3n) is 2.79. The van der Waals surface area contributed by atoms with E-state index in [2.05, 4.69) is 6.58 Å². The normalized spacial score (nSPS) is 9.85. The molecule has 0 radical (unpaired) electrons. The highest BCUT2D eigenvalue weighted by atomic mass is 16.5. The van der Waals surface area contributed by atoms with Gasteiger partial charge in [0.1, 0.15) is 5.75 Å². The molecular formula is C17H14O3. The second-order valence-corrected chi connectivity index (χ2v) is 4.27. The summed E-state index contributed by atoms with van der Waals surface area (Å²) in [5.41, 5.74) is 2.12. The van der Waals surface area contributed by atoms with Gasteiger partial charge >= 0.3 is 5.97 Å². The number of esters is 1. The molecule has 0 fully saturated rings. The van der Waals surface area contributed by atoms with Gasteiger partial charge in [0.05, 0.1) is 0 Å². The van der Waals surface area contributed by atoms with Crippen molar-refractivity contribution in [2.45, 2.75) is 6.92 Å². The molecule has 0 aliphatic rings. The average molecular weight is 266 g/mol. The van der Waals surface area contributed by atoms with Crippen molar-refractivity contribution in [2.75, 3.05) is 0 Å². The lowest BCUT2D eigenvalue weighted by atomic mass is 10.0. The summed E-state index contributed by atoms with van der Waals surface area (Å²) in [6.45, 7) is 5.00. The van der Waals surface area contributed by atoms with Crippen LogP contribution in [0.2, 0.25) is 0 Å². The number of carbonyl (C=O) groups is 2. The Balaban J connectivity index is 2.19. The number of ketones is 1. The summed E-state index contributed by atoms with van der Waals surface area (Å²) in [7, 11) is 0. The highest BCUT2D eigenvalue weighted by Crippen LogP contribution is 2.16. The van der Waals surface area contributed by atoms with Gasteiger partial charge < -0.3 is 4.74 Å². The van der Waals surface area contributed by atoms with Crippen molar-refractivity contribution in [3.8, 4) is 5.75 Å². The van der Waals surface area contributed by atoms with Gasteiger partial charge in [-0.3, -0.25) is 9.59 Å². The van der Waals surface area contributed by atoms with Crippen molar-refractivity contribution in [3.05, 3.63) is 71.8 Å². The summed E-state index contributed by atoms with van der Waals surface area (Å²) < 4.78 is 4.92. The molecule has 0 amide bonds. The highest BCUT2D eigenvalue weighted by Gasteiger charge is 2.09. The Kier molecular flexibility index (Phi) is 4.11. The summed E-state index contributed by atoms with van der Waals surface area (Å²) >= 11 is 0. The highest BCUT2D eigenvalue weighted by molar-refractivity contribution is 6.09. The Labute approximate surface area is 117 Å². The maximum absolute atomic E-state index is 12.2. The van der Waals surface area contributed by atoms with Crippen LogP contribution in [-0.4, -0.2) is 11.8 Å². The number of hydrogen-bond donors (Lipinski definition) is 0. The van der Waals surface area contributed by atoms with Gasteiger partial charge in [-0.15, -0.1) is 0 Å². The number of ether oxygens (including phenoxy) is 1. The maximum Gasteiger partial charge on any atom is 0.308 e. The molecule has 2 aromatic rings. The number of hydrogen-bond acceptors (Lipinski definition) is 3. The van der Waals surface area contributed by atoms with Crippen LogP contribution in [0.1, 0.15) is 28.4 Å². The van der Waals surface area contributed by atoms with Crippen LogP contribution in [0.4, 0.5) is 0 Å². The smallest absolute Gasteiger partial charge is 0.308 e. The van der Waals surface area contributed by atoms with Gasteiger partial charge in [-0.1, -0.05) is 36.9 Å². The van der Waals surface area contributed by atoms with E-state index in [9.17, 15) is 9.59 Å². The van der Waals surface area contributed by atoms with E-state index in [1.807, 2.05) is 12.1 Å².